The van der Waals surface area contributed by atoms with E-state index in [0.29, 0.717) is 17.0 Å². The highest BCUT2D eigenvalue weighted by atomic mass is 16.8. The zero-order valence-electron chi connectivity index (χ0n) is 22.8. The van der Waals surface area contributed by atoms with Crippen molar-refractivity contribution >= 4 is 17.0 Å². The second-order valence-corrected chi connectivity index (χ2v) is 10.8. The lowest BCUT2D eigenvalue weighted by molar-refractivity contribution is -0.204. The van der Waals surface area contributed by atoms with Crippen molar-refractivity contribution in [2.45, 2.75) is 49.8 Å². The van der Waals surface area contributed by atoms with Crippen LogP contribution in [-0.2, 0) is 24.5 Å². The van der Waals surface area contributed by atoms with Crippen LogP contribution in [0.25, 0.3) is 11.2 Å². The molecule has 9 nitrogen and oxygen atoms in total. The lowest BCUT2D eigenvalue weighted by Crippen LogP contribution is -2.39. The summed E-state index contributed by atoms with van der Waals surface area (Å²) < 4.78 is 28.4. The van der Waals surface area contributed by atoms with Crippen molar-refractivity contribution in [3.63, 3.8) is 0 Å². The van der Waals surface area contributed by atoms with E-state index in [0.717, 1.165) is 16.7 Å². The number of nitrogens with zero attached hydrogens (tertiary/aromatic N) is 4. The van der Waals surface area contributed by atoms with Crippen molar-refractivity contribution < 1.29 is 18.9 Å². The molecule has 7 rings (SSSR count). The van der Waals surface area contributed by atoms with Crippen molar-refractivity contribution in [2.75, 3.05) is 12.3 Å². The minimum Gasteiger partial charge on any atom is -0.382 e. The highest BCUT2D eigenvalue weighted by Gasteiger charge is 2.57. The van der Waals surface area contributed by atoms with E-state index in [2.05, 4.69) is 51.4 Å². The summed E-state index contributed by atoms with van der Waals surface area (Å²) in [7, 11) is 0. The molecule has 0 bridgehead atoms. The summed E-state index contributed by atoms with van der Waals surface area (Å²) >= 11 is 0. The standard InChI is InChI=1S/C32H31N5O4/c1-31(2)40-26-24(39-30(27(26)41-31)37-20-36-25-28(33)34-19-35-29(25)37)18-38-32(21-12-6-3-7-13-21,22-14-8-4-9-15-22)23-16-10-5-11-17-23/h3-17,19-20,24,26-27,30H,18H2,1-2H3,(H2,33,34,35). The van der Waals surface area contributed by atoms with Crippen LogP contribution in [0.5, 0.6) is 0 Å². The Morgan fingerprint density at radius 3 is 1.95 bits per heavy atom. The molecular weight excluding hydrogens is 518 g/mol. The van der Waals surface area contributed by atoms with Gasteiger partial charge in [-0.15, -0.1) is 0 Å². The molecule has 0 spiro atoms. The highest BCUT2D eigenvalue weighted by molar-refractivity contribution is 5.81. The van der Waals surface area contributed by atoms with Gasteiger partial charge in [0.15, 0.2) is 23.5 Å². The zero-order valence-corrected chi connectivity index (χ0v) is 22.8. The molecule has 0 amide bonds. The van der Waals surface area contributed by atoms with Crippen molar-refractivity contribution in [1.82, 2.24) is 19.5 Å². The molecule has 5 aromatic rings. The van der Waals surface area contributed by atoms with Crippen LogP contribution in [-0.4, -0.2) is 50.2 Å². The lowest BCUT2D eigenvalue weighted by Gasteiger charge is -2.37. The Bertz CT molecular complexity index is 1550. The van der Waals surface area contributed by atoms with Crippen LogP contribution in [0.3, 0.4) is 0 Å². The van der Waals surface area contributed by atoms with Crippen molar-refractivity contribution in [3.8, 4) is 0 Å². The van der Waals surface area contributed by atoms with Gasteiger partial charge in [0, 0.05) is 0 Å². The molecule has 2 N–H and O–H groups in total. The van der Waals surface area contributed by atoms with Gasteiger partial charge in [0.2, 0.25) is 0 Å². The molecule has 2 fully saturated rings. The summed E-state index contributed by atoms with van der Waals surface area (Å²) in [5.41, 5.74) is 9.30. The number of imidazole rings is 1. The molecule has 2 saturated heterocycles. The van der Waals surface area contributed by atoms with Gasteiger partial charge < -0.3 is 24.7 Å². The summed E-state index contributed by atoms with van der Waals surface area (Å²) in [5.74, 6) is -0.486. The first-order valence-corrected chi connectivity index (χ1v) is 13.7. The lowest BCUT2D eigenvalue weighted by atomic mass is 9.80. The maximum Gasteiger partial charge on any atom is 0.167 e. The predicted octanol–water partition coefficient (Wildman–Crippen LogP) is 4.83. The van der Waals surface area contributed by atoms with Gasteiger partial charge >= 0.3 is 0 Å². The molecule has 2 aliphatic heterocycles. The van der Waals surface area contributed by atoms with E-state index in [1.165, 1.54) is 6.33 Å². The average molecular weight is 550 g/mol. The van der Waals surface area contributed by atoms with Crippen LogP contribution in [0, 0.1) is 0 Å². The second-order valence-electron chi connectivity index (χ2n) is 10.8. The Morgan fingerprint density at radius 1 is 0.805 bits per heavy atom. The van der Waals surface area contributed by atoms with E-state index in [9.17, 15) is 0 Å². The van der Waals surface area contributed by atoms with Crippen LogP contribution in [0.2, 0.25) is 0 Å². The van der Waals surface area contributed by atoms with Crippen molar-refractivity contribution in [1.29, 1.82) is 0 Å². The Morgan fingerprint density at radius 2 is 1.37 bits per heavy atom. The Hall–Kier alpha value is -4.15. The van der Waals surface area contributed by atoms with E-state index in [1.807, 2.05) is 73.0 Å². The Kier molecular flexibility index (Phi) is 6.32. The summed E-state index contributed by atoms with van der Waals surface area (Å²) in [4.78, 5) is 12.9. The number of ether oxygens (including phenoxy) is 4. The summed E-state index contributed by atoms with van der Waals surface area (Å²) in [6.45, 7) is 4.06. The predicted molar refractivity (Wildman–Crippen MR) is 153 cm³/mol. The third kappa shape index (κ3) is 4.38. The number of hydrogen-bond acceptors (Lipinski definition) is 8. The quantitative estimate of drug-likeness (QED) is 0.288. The topological polar surface area (TPSA) is 107 Å². The maximum atomic E-state index is 7.09. The first-order valence-electron chi connectivity index (χ1n) is 13.7. The number of aromatic nitrogens is 4. The fraction of sp³-hybridized carbons (Fsp3) is 0.281. The smallest absolute Gasteiger partial charge is 0.167 e. The monoisotopic (exact) mass is 549 g/mol. The van der Waals surface area contributed by atoms with Gasteiger partial charge in [-0.3, -0.25) is 4.57 Å². The van der Waals surface area contributed by atoms with Gasteiger partial charge in [0.1, 0.15) is 35.8 Å². The zero-order chi connectivity index (χ0) is 28.0. The summed E-state index contributed by atoms with van der Waals surface area (Å²) in [6, 6.07) is 30.8. The van der Waals surface area contributed by atoms with Crippen LogP contribution in [0.1, 0.15) is 36.8 Å². The molecule has 0 saturated carbocycles. The van der Waals surface area contributed by atoms with Gasteiger partial charge in [-0.05, 0) is 30.5 Å². The molecule has 208 valence electrons. The van der Waals surface area contributed by atoms with E-state index in [4.69, 9.17) is 24.7 Å². The fourth-order valence-corrected chi connectivity index (χ4v) is 6.05. The van der Waals surface area contributed by atoms with E-state index in [-0.39, 0.29) is 12.7 Å². The molecule has 0 radical (unpaired) electrons. The number of hydrogen-bond donors (Lipinski definition) is 1. The summed E-state index contributed by atoms with van der Waals surface area (Å²) in [6.07, 6.45) is 1.30. The average Bonchev–Trinajstić information content (AvgIpc) is 3.67. The molecule has 2 aromatic heterocycles. The van der Waals surface area contributed by atoms with Crippen LogP contribution in [0.15, 0.2) is 104 Å². The van der Waals surface area contributed by atoms with Gasteiger partial charge in [0.05, 0.1) is 12.9 Å². The molecule has 9 heteroatoms. The number of fused-ring (bicyclic) bond motifs is 2. The molecule has 3 aromatic carbocycles. The van der Waals surface area contributed by atoms with Gasteiger partial charge in [-0.1, -0.05) is 91.0 Å². The van der Waals surface area contributed by atoms with E-state index < -0.39 is 29.8 Å². The van der Waals surface area contributed by atoms with Crippen LogP contribution < -0.4 is 5.73 Å². The molecular formula is C32H31N5O4. The fourth-order valence-electron chi connectivity index (χ4n) is 6.05. The van der Waals surface area contributed by atoms with Crippen LogP contribution in [0.4, 0.5) is 5.82 Å². The molecule has 41 heavy (non-hydrogen) atoms. The minimum absolute atomic E-state index is 0.236. The SMILES string of the molecule is CC1(C)OC2C(COC(c3ccccc3)(c3ccccc3)c3ccccc3)OC(n3cnc4c(N)ncnc43)C2O1. The number of rotatable bonds is 7. The minimum atomic E-state index is -0.890. The maximum absolute atomic E-state index is 7.09. The number of nitrogens with two attached hydrogens (primary N) is 1. The number of anilines is 1. The Balaban J connectivity index is 1.28. The summed E-state index contributed by atoms with van der Waals surface area (Å²) in [5, 5.41) is 0. The van der Waals surface area contributed by atoms with Crippen LogP contribution >= 0.6 is 0 Å². The highest BCUT2D eigenvalue weighted by Crippen LogP contribution is 2.46. The normalized spacial score (nSPS) is 23.6. The molecule has 2 aliphatic rings. The number of nitrogen functional groups attached to an aromatic ring is 1. The third-order valence-electron chi connectivity index (χ3n) is 7.79. The number of benzene rings is 3. The third-order valence-corrected chi connectivity index (χ3v) is 7.79. The first kappa shape index (κ1) is 25.8. The second kappa shape index (κ2) is 10.0. The van der Waals surface area contributed by atoms with E-state index >= 15 is 0 Å². The van der Waals surface area contributed by atoms with Crippen molar-refractivity contribution in [3.05, 3.63) is 120 Å². The van der Waals surface area contributed by atoms with E-state index in [1.54, 1.807) is 6.33 Å². The molecule has 4 heterocycles. The largest absolute Gasteiger partial charge is 0.382 e. The molecule has 0 aliphatic carbocycles. The van der Waals surface area contributed by atoms with Gasteiger partial charge in [0.25, 0.3) is 0 Å². The molecule has 4 unspecified atom stereocenters. The Labute approximate surface area is 237 Å². The van der Waals surface area contributed by atoms with Crippen molar-refractivity contribution in [2.24, 2.45) is 0 Å². The van der Waals surface area contributed by atoms with Gasteiger partial charge in [-0.25, -0.2) is 15.0 Å². The first-order chi connectivity index (χ1) is 20.0. The molecule has 4 atom stereocenters. The van der Waals surface area contributed by atoms with Gasteiger partial charge in [-0.2, -0.15) is 0 Å².